The lowest BCUT2D eigenvalue weighted by atomic mass is 9.89. The smallest absolute Gasteiger partial charge is 0.290 e. The van der Waals surface area contributed by atoms with Crippen molar-refractivity contribution < 1.29 is 24.5 Å². The van der Waals surface area contributed by atoms with Crippen LogP contribution >= 0.6 is 0 Å². The number of nitrogens with zero attached hydrogens (tertiary/aromatic N) is 5. The number of imidazole rings is 1. The molecule has 0 unspecified atom stereocenters. The fourth-order valence-electron chi connectivity index (χ4n) is 4.28. The summed E-state index contributed by atoms with van der Waals surface area (Å²) in [4.78, 5) is 38.5. The van der Waals surface area contributed by atoms with Crippen LogP contribution in [-0.2, 0) is 27.3 Å². The highest BCUT2D eigenvalue weighted by Crippen LogP contribution is 2.32. The molecule has 11 heteroatoms. The van der Waals surface area contributed by atoms with Crippen molar-refractivity contribution in [2.75, 3.05) is 37.7 Å². The Morgan fingerprint density at radius 3 is 2.53 bits per heavy atom. The molecule has 0 amide bonds. The van der Waals surface area contributed by atoms with Gasteiger partial charge in [-0.05, 0) is 32.3 Å². The van der Waals surface area contributed by atoms with E-state index in [0.29, 0.717) is 0 Å². The molecule has 3 N–H and O–H groups in total. The zero-order chi connectivity index (χ0) is 24.8. The van der Waals surface area contributed by atoms with Crippen LogP contribution in [0.2, 0.25) is 0 Å². The standard InChI is InChI=1S/C21H32N6O.2CH2O2/c1-3-4-5-19-23-14-18(25-19)15-26-10-7-21(8-11-26)16-27(12-13-28-21)20-6-9-22-17(2)24-20;2*2-1-3/h6,9,14H,3-5,7-8,10-13,15-16H2,1-2H3,(H,23,25);2*1H,(H,2,3). The Balaban J connectivity index is 0.000000618. The molecule has 0 aromatic carbocycles. The highest BCUT2D eigenvalue weighted by Gasteiger charge is 2.40. The Hall–Kier alpha value is -3.05. The minimum atomic E-state index is -0.250. The van der Waals surface area contributed by atoms with Crippen molar-refractivity contribution in [1.29, 1.82) is 0 Å². The van der Waals surface area contributed by atoms with Crippen LogP contribution in [0.5, 0.6) is 0 Å². The fourth-order valence-corrected chi connectivity index (χ4v) is 4.28. The number of likely N-dealkylation sites (tertiary alicyclic amines) is 1. The van der Waals surface area contributed by atoms with Crippen molar-refractivity contribution in [2.24, 2.45) is 0 Å². The van der Waals surface area contributed by atoms with E-state index in [4.69, 9.17) is 24.5 Å². The van der Waals surface area contributed by atoms with E-state index in [1.54, 1.807) is 0 Å². The highest BCUT2D eigenvalue weighted by molar-refractivity contribution is 5.38. The molecular weight excluding hydrogens is 440 g/mol. The van der Waals surface area contributed by atoms with E-state index in [-0.39, 0.29) is 18.5 Å². The number of rotatable bonds is 6. The maximum absolute atomic E-state index is 8.36. The van der Waals surface area contributed by atoms with Crippen molar-refractivity contribution in [3.05, 3.63) is 35.8 Å². The summed E-state index contributed by atoms with van der Waals surface area (Å²) in [7, 11) is 0. The monoisotopic (exact) mass is 476 g/mol. The lowest BCUT2D eigenvalue weighted by molar-refractivity contribution is -0.123. The van der Waals surface area contributed by atoms with Gasteiger partial charge in [-0.2, -0.15) is 0 Å². The number of morpholine rings is 1. The first-order valence-corrected chi connectivity index (χ1v) is 11.6. The van der Waals surface area contributed by atoms with Crippen molar-refractivity contribution in [1.82, 2.24) is 24.8 Å². The number of carboxylic acid groups (broad SMARTS) is 2. The molecule has 2 aromatic rings. The number of piperidine rings is 1. The van der Waals surface area contributed by atoms with Gasteiger partial charge >= 0.3 is 0 Å². The maximum atomic E-state index is 8.36. The van der Waals surface area contributed by atoms with Crippen molar-refractivity contribution in [3.63, 3.8) is 0 Å². The Bertz CT molecular complexity index is 863. The predicted molar refractivity (Wildman–Crippen MR) is 127 cm³/mol. The van der Waals surface area contributed by atoms with Gasteiger partial charge in [0.1, 0.15) is 17.5 Å². The largest absolute Gasteiger partial charge is 0.483 e. The zero-order valence-electron chi connectivity index (χ0n) is 20.0. The molecule has 0 aliphatic carbocycles. The molecule has 0 radical (unpaired) electrons. The van der Waals surface area contributed by atoms with E-state index in [0.717, 1.165) is 76.1 Å². The molecule has 2 saturated heterocycles. The number of ether oxygens (including phenoxy) is 1. The number of anilines is 1. The van der Waals surface area contributed by atoms with Crippen LogP contribution in [-0.4, -0.2) is 86.4 Å². The molecule has 2 aliphatic rings. The second kappa shape index (κ2) is 14.3. The first kappa shape index (κ1) is 27.2. The minimum absolute atomic E-state index is 0.0477. The third-order valence-electron chi connectivity index (χ3n) is 5.94. The quantitative estimate of drug-likeness (QED) is 0.530. The number of hydrogen-bond acceptors (Lipinski definition) is 8. The molecule has 188 valence electrons. The third-order valence-corrected chi connectivity index (χ3v) is 5.94. The summed E-state index contributed by atoms with van der Waals surface area (Å²) in [5.74, 6) is 2.97. The van der Waals surface area contributed by atoms with Gasteiger partial charge in [-0.15, -0.1) is 0 Å². The van der Waals surface area contributed by atoms with Gasteiger partial charge in [-0.1, -0.05) is 13.3 Å². The van der Waals surface area contributed by atoms with Gasteiger partial charge in [0, 0.05) is 57.2 Å². The first-order valence-electron chi connectivity index (χ1n) is 11.6. The molecule has 0 saturated carbocycles. The second-order valence-corrected chi connectivity index (χ2v) is 8.36. The average molecular weight is 477 g/mol. The summed E-state index contributed by atoms with van der Waals surface area (Å²) in [5.41, 5.74) is 1.18. The molecule has 0 atom stereocenters. The van der Waals surface area contributed by atoms with Gasteiger partial charge in [0.25, 0.3) is 12.9 Å². The SMILES string of the molecule is CCCCc1ncc(CN2CCC3(CC2)CN(c2ccnc(C)n2)CCO3)[nH]1.O=CO.O=CO. The molecule has 11 nitrogen and oxygen atoms in total. The van der Waals surface area contributed by atoms with E-state index in [2.05, 4.69) is 36.7 Å². The molecule has 1 spiro atoms. The van der Waals surface area contributed by atoms with Gasteiger partial charge in [0.15, 0.2) is 0 Å². The molecule has 2 aliphatic heterocycles. The van der Waals surface area contributed by atoms with E-state index in [1.807, 2.05) is 25.4 Å². The number of unbranched alkanes of at least 4 members (excludes halogenated alkanes) is 1. The summed E-state index contributed by atoms with van der Waals surface area (Å²) in [6.45, 7) is 9.31. The minimum Gasteiger partial charge on any atom is -0.483 e. The van der Waals surface area contributed by atoms with Gasteiger partial charge in [0.2, 0.25) is 0 Å². The first-order chi connectivity index (χ1) is 16.5. The lowest BCUT2D eigenvalue weighted by Gasteiger charge is -2.47. The summed E-state index contributed by atoms with van der Waals surface area (Å²) in [5, 5.41) is 13.8. The molecule has 0 bridgehead atoms. The Morgan fingerprint density at radius 2 is 1.88 bits per heavy atom. The van der Waals surface area contributed by atoms with Crippen LogP contribution in [0.25, 0.3) is 0 Å². The second-order valence-electron chi connectivity index (χ2n) is 8.36. The Kier molecular flexibility index (Phi) is 11.4. The normalized spacial score (nSPS) is 17.2. The van der Waals surface area contributed by atoms with Gasteiger partial charge in [-0.25, -0.2) is 15.0 Å². The summed E-state index contributed by atoms with van der Waals surface area (Å²) >= 11 is 0. The number of aromatic amines is 1. The van der Waals surface area contributed by atoms with E-state index in [1.165, 1.54) is 18.5 Å². The Morgan fingerprint density at radius 1 is 1.18 bits per heavy atom. The number of nitrogens with one attached hydrogen (secondary N) is 1. The van der Waals surface area contributed by atoms with Crippen LogP contribution in [0.15, 0.2) is 18.5 Å². The molecule has 34 heavy (non-hydrogen) atoms. The number of hydrogen-bond donors (Lipinski definition) is 3. The van der Waals surface area contributed by atoms with Crippen molar-refractivity contribution in [2.45, 2.75) is 58.1 Å². The maximum Gasteiger partial charge on any atom is 0.290 e. The summed E-state index contributed by atoms with van der Waals surface area (Å²) in [6.07, 6.45) is 9.42. The number of H-pyrrole nitrogens is 1. The predicted octanol–water partition coefficient (Wildman–Crippen LogP) is 2.12. The fraction of sp³-hybridized carbons (Fsp3) is 0.609. The number of aromatic nitrogens is 4. The van der Waals surface area contributed by atoms with Crippen molar-refractivity contribution >= 4 is 18.8 Å². The van der Waals surface area contributed by atoms with Gasteiger partial charge in [-0.3, -0.25) is 14.5 Å². The van der Waals surface area contributed by atoms with Gasteiger partial charge < -0.3 is 24.8 Å². The van der Waals surface area contributed by atoms with Crippen molar-refractivity contribution in [3.8, 4) is 0 Å². The van der Waals surface area contributed by atoms with Crippen LogP contribution < -0.4 is 4.90 Å². The lowest BCUT2D eigenvalue weighted by Crippen LogP contribution is -2.57. The third kappa shape index (κ3) is 8.38. The Labute approximate surface area is 200 Å². The van der Waals surface area contributed by atoms with E-state index >= 15 is 0 Å². The van der Waals surface area contributed by atoms with Crippen LogP contribution in [0, 0.1) is 6.92 Å². The molecule has 4 rings (SSSR count). The number of carbonyl (C=O) groups is 2. The van der Waals surface area contributed by atoms with Gasteiger partial charge in [0.05, 0.1) is 12.2 Å². The van der Waals surface area contributed by atoms with E-state index in [9.17, 15) is 0 Å². The molecule has 2 fully saturated rings. The molecular formula is C23H36N6O5. The summed E-state index contributed by atoms with van der Waals surface area (Å²) in [6, 6.07) is 2.01. The summed E-state index contributed by atoms with van der Waals surface area (Å²) < 4.78 is 6.30. The molecule has 4 heterocycles. The molecule has 2 aromatic heterocycles. The number of aryl methyl sites for hydroxylation is 2. The highest BCUT2D eigenvalue weighted by atomic mass is 16.5. The van der Waals surface area contributed by atoms with Crippen LogP contribution in [0.3, 0.4) is 0 Å². The topological polar surface area (TPSA) is 145 Å². The van der Waals surface area contributed by atoms with Crippen LogP contribution in [0.4, 0.5) is 5.82 Å². The zero-order valence-corrected chi connectivity index (χ0v) is 20.0. The average Bonchev–Trinajstić information content (AvgIpc) is 3.28. The van der Waals surface area contributed by atoms with Crippen LogP contribution in [0.1, 0.15) is 49.9 Å². The van der Waals surface area contributed by atoms with E-state index < -0.39 is 0 Å².